The van der Waals surface area contributed by atoms with Gasteiger partial charge in [0.1, 0.15) is 0 Å². The summed E-state index contributed by atoms with van der Waals surface area (Å²) in [6.45, 7) is 8.97. The molecule has 0 heterocycles. The number of nitrogens with zero attached hydrogens (tertiary/aromatic N) is 1. The predicted octanol–water partition coefficient (Wildman–Crippen LogP) is 11.3. The van der Waals surface area contributed by atoms with E-state index in [1.54, 1.807) is 0 Å². The lowest BCUT2D eigenvalue weighted by Gasteiger charge is -2.34. The van der Waals surface area contributed by atoms with Gasteiger partial charge in [-0.3, -0.25) is 0 Å². The van der Waals surface area contributed by atoms with E-state index in [1.165, 1.54) is 83.8 Å². The van der Waals surface area contributed by atoms with E-state index in [-0.39, 0.29) is 0 Å². The second-order valence-electron chi connectivity index (χ2n) is 11.5. The zero-order valence-electron chi connectivity index (χ0n) is 24.8. The summed E-state index contributed by atoms with van der Waals surface area (Å²) in [6.07, 6.45) is 0.905. The molecule has 1 heteroatoms. The Balaban J connectivity index is 1.69. The van der Waals surface area contributed by atoms with Gasteiger partial charge in [0, 0.05) is 23.4 Å². The molecule has 1 aliphatic rings. The quantitative estimate of drug-likeness (QED) is 0.209. The minimum atomic E-state index is 0.905. The highest BCUT2D eigenvalue weighted by Crippen LogP contribution is 2.54. The van der Waals surface area contributed by atoms with Crippen LogP contribution < -0.4 is 4.90 Å². The summed E-state index contributed by atoms with van der Waals surface area (Å²) in [5.41, 5.74) is 19.3. The maximum Gasteiger partial charge on any atom is 0.0588 e. The van der Waals surface area contributed by atoms with Crippen molar-refractivity contribution in [1.29, 1.82) is 0 Å². The molecule has 1 nitrogen and oxygen atoms in total. The molecule has 0 N–H and O–H groups in total. The number of benzene rings is 6. The molecule has 0 unspecified atom stereocenters. The molecule has 6 aromatic carbocycles. The summed E-state index contributed by atoms with van der Waals surface area (Å²) in [6, 6.07) is 46.7. The van der Waals surface area contributed by atoms with Crippen LogP contribution in [0.4, 0.5) is 17.1 Å². The van der Waals surface area contributed by atoms with E-state index in [2.05, 4.69) is 160 Å². The van der Waals surface area contributed by atoms with Crippen molar-refractivity contribution in [3.05, 3.63) is 161 Å². The lowest BCUT2D eigenvalue weighted by atomic mass is 9.86. The molecule has 0 aliphatic heterocycles. The predicted molar refractivity (Wildman–Crippen MR) is 179 cm³/mol. The van der Waals surface area contributed by atoms with Gasteiger partial charge in [0.25, 0.3) is 0 Å². The van der Waals surface area contributed by atoms with Gasteiger partial charge in [0.15, 0.2) is 0 Å². The summed E-state index contributed by atoms with van der Waals surface area (Å²) in [7, 11) is 0. The van der Waals surface area contributed by atoms with E-state index >= 15 is 0 Å². The van der Waals surface area contributed by atoms with Crippen LogP contribution in [0.5, 0.6) is 0 Å². The molecule has 0 amide bonds. The molecule has 204 valence electrons. The standard InChI is InChI=1S/C41H35N/c1-27-15-13-23-38(29(27)3)42(39-24-14-16-28(2)30(39)4)41-37-25-33-21-11-12-22-34(33)36(37)26-35(31-17-7-5-8-18-31)40(41)32-19-9-6-10-20-32/h5-24,26H,25H2,1-4H3. The van der Waals surface area contributed by atoms with E-state index in [0.717, 1.165) is 6.42 Å². The van der Waals surface area contributed by atoms with Crippen molar-refractivity contribution >= 4 is 17.1 Å². The Labute approximate surface area is 249 Å². The normalized spacial score (nSPS) is 11.7. The van der Waals surface area contributed by atoms with Gasteiger partial charge in [0.2, 0.25) is 0 Å². The second-order valence-corrected chi connectivity index (χ2v) is 11.5. The Morgan fingerprint density at radius 3 is 1.64 bits per heavy atom. The van der Waals surface area contributed by atoms with Gasteiger partial charge in [-0.2, -0.15) is 0 Å². The fraction of sp³-hybridized carbons (Fsp3) is 0.122. The van der Waals surface area contributed by atoms with E-state index in [9.17, 15) is 0 Å². The molecule has 0 bridgehead atoms. The number of fused-ring (bicyclic) bond motifs is 3. The molecule has 0 aromatic heterocycles. The van der Waals surface area contributed by atoms with Crippen LogP contribution in [0.1, 0.15) is 33.4 Å². The highest BCUT2D eigenvalue weighted by molar-refractivity contribution is 6.04. The first-order valence-corrected chi connectivity index (χ1v) is 14.8. The van der Waals surface area contributed by atoms with Gasteiger partial charge in [-0.15, -0.1) is 0 Å². The minimum Gasteiger partial charge on any atom is -0.309 e. The summed E-state index contributed by atoms with van der Waals surface area (Å²) in [5.74, 6) is 0. The van der Waals surface area contributed by atoms with Crippen LogP contribution in [0.3, 0.4) is 0 Å². The maximum atomic E-state index is 2.57. The minimum absolute atomic E-state index is 0.905. The Morgan fingerprint density at radius 2 is 1.02 bits per heavy atom. The van der Waals surface area contributed by atoms with Crippen molar-refractivity contribution in [2.24, 2.45) is 0 Å². The highest BCUT2D eigenvalue weighted by atomic mass is 15.2. The lowest BCUT2D eigenvalue weighted by Crippen LogP contribution is -2.17. The first-order chi connectivity index (χ1) is 20.5. The van der Waals surface area contributed by atoms with Gasteiger partial charge >= 0.3 is 0 Å². The zero-order chi connectivity index (χ0) is 28.8. The van der Waals surface area contributed by atoms with E-state index in [0.29, 0.717) is 0 Å². The second kappa shape index (κ2) is 10.5. The fourth-order valence-electron chi connectivity index (χ4n) is 6.57. The molecule has 0 atom stereocenters. The van der Waals surface area contributed by atoms with Gasteiger partial charge < -0.3 is 4.90 Å². The molecule has 0 saturated heterocycles. The first-order valence-electron chi connectivity index (χ1n) is 14.8. The molecular formula is C41H35N. The SMILES string of the molecule is Cc1cccc(N(c2cccc(C)c2C)c2c3c(cc(-c4ccccc4)c2-c2ccccc2)-c2ccccc2C3)c1C. The van der Waals surface area contributed by atoms with Crippen LogP contribution in [0.25, 0.3) is 33.4 Å². The van der Waals surface area contributed by atoms with Crippen LogP contribution in [0.15, 0.2) is 127 Å². The van der Waals surface area contributed by atoms with Crippen LogP contribution in [0.2, 0.25) is 0 Å². The summed E-state index contributed by atoms with van der Waals surface area (Å²) >= 11 is 0. The molecule has 0 fully saturated rings. The third kappa shape index (κ3) is 4.25. The summed E-state index contributed by atoms with van der Waals surface area (Å²) < 4.78 is 0. The van der Waals surface area contributed by atoms with Gasteiger partial charge in [-0.25, -0.2) is 0 Å². The average Bonchev–Trinajstić information content (AvgIpc) is 3.40. The third-order valence-electron chi connectivity index (χ3n) is 9.09. The van der Waals surface area contributed by atoms with E-state index < -0.39 is 0 Å². The van der Waals surface area contributed by atoms with Crippen molar-refractivity contribution in [3.63, 3.8) is 0 Å². The topological polar surface area (TPSA) is 3.24 Å². The summed E-state index contributed by atoms with van der Waals surface area (Å²) in [4.78, 5) is 2.57. The average molecular weight is 542 g/mol. The number of hydrogen-bond donors (Lipinski definition) is 0. The van der Waals surface area contributed by atoms with E-state index in [4.69, 9.17) is 0 Å². The molecule has 0 saturated carbocycles. The molecule has 0 radical (unpaired) electrons. The Morgan fingerprint density at radius 1 is 0.476 bits per heavy atom. The van der Waals surface area contributed by atoms with Crippen molar-refractivity contribution in [2.75, 3.05) is 4.90 Å². The molecule has 6 aromatic rings. The fourth-order valence-corrected chi connectivity index (χ4v) is 6.57. The largest absolute Gasteiger partial charge is 0.309 e. The Kier molecular flexibility index (Phi) is 6.52. The smallest absolute Gasteiger partial charge is 0.0588 e. The zero-order valence-corrected chi connectivity index (χ0v) is 24.8. The van der Waals surface area contributed by atoms with Crippen molar-refractivity contribution in [2.45, 2.75) is 34.1 Å². The number of hydrogen-bond acceptors (Lipinski definition) is 1. The highest BCUT2D eigenvalue weighted by Gasteiger charge is 2.31. The van der Waals surface area contributed by atoms with Crippen molar-refractivity contribution < 1.29 is 0 Å². The molecular weight excluding hydrogens is 506 g/mol. The Bertz CT molecular complexity index is 1880. The van der Waals surface area contributed by atoms with Crippen LogP contribution >= 0.6 is 0 Å². The molecule has 1 aliphatic carbocycles. The van der Waals surface area contributed by atoms with E-state index in [1.807, 2.05) is 0 Å². The van der Waals surface area contributed by atoms with Crippen LogP contribution in [-0.2, 0) is 6.42 Å². The number of anilines is 3. The van der Waals surface area contributed by atoms with Crippen molar-refractivity contribution in [3.8, 4) is 33.4 Å². The first kappa shape index (κ1) is 26.0. The van der Waals surface area contributed by atoms with Crippen LogP contribution in [-0.4, -0.2) is 0 Å². The Hall–Kier alpha value is -4.88. The summed E-state index contributed by atoms with van der Waals surface area (Å²) in [5, 5.41) is 0. The molecule has 7 rings (SSSR count). The lowest BCUT2D eigenvalue weighted by molar-refractivity contribution is 1.16. The van der Waals surface area contributed by atoms with Gasteiger partial charge in [0.05, 0.1) is 5.69 Å². The third-order valence-corrected chi connectivity index (χ3v) is 9.09. The van der Waals surface area contributed by atoms with Crippen LogP contribution in [0, 0.1) is 27.7 Å². The molecule has 42 heavy (non-hydrogen) atoms. The molecule has 0 spiro atoms. The number of rotatable bonds is 5. The van der Waals surface area contributed by atoms with Crippen molar-refractivity contribution in [1.82, 2.24) is 0 Å². The van der Waals surface area contributed by atoms with Gasteiger partial charge in [-0.05, 0) is 107 Å². The monoisotopic (exact) mass is 541 g/mol. The maximum absolute atomic E-state index is 2.57. The number of aryl methyl sites for hydroxylation is 2. The van der Waals surface area contributed by atoms with Gasteiger partial charge in [-0.1, -0.05) is 109 Å².